The Balaban J connectivity index is 1.66. The highest BCUT2D eigenvalue weighted by atomic mass is 32.2. The van der Waals surface area contributed by atoms with Gasteiger partial charge in [0.05, 0.1) is 16.6 Å². The van der Waals surface area contributed by atoms with E-state index in [4.69, 9.17) is 5.73 Å². The zero-order valence-corrected chi connectivity index (χ0v) is 17.7. The third kappa shape index (κ3) is 2.89. The number of nitrogens with zero attached hydrogens (tertiary/aromatic N) is 1. The van der Waals surface area contributed by atoms with Crippen molar-refractivity contribution >= 4 is 33.4 Å². The Morgan fingerprint density at radius 1 is 1.03 bits per heavy atom. The summed E-state index contributed by atoms with van der Waals surface area (Å²) in [7, 11) is -3.75. The van der Waals surface area contributed by atoms with Gasteiger partial charge >= 0.3 is 0 Å². The van der Waals surface area contributed by atoms with E-state index in [2.05, 4.69) is 6.07 Å². The van der Waals surface area contributed by atoms with Crippen molar-refractivity contribution in [3.05, 3.63) is 59.7 Å². The molecule has 29 heavy (non-hydrogen) atoms. The van der Waals surface area contributed by atoms with Crippen molar-refractivity contribution < 1.29 is 13.2 Å². The lowest BCUT2D eigenvalue weighted by Gasteiger charge is -2.41. The molecule has 1 saturated carbocycles. The first-order valence-corrected chi connectivity index (χ1v) is 12.7. The van der Waals surface area contributed by atoms with Crippen molar-refractivity contribution in [2.45, 2.75) is 42.0 Å². The molecular weight excluding hydrogens is 404 g/mol. The molecule has 2 aromatic rings. The summed E-state index contributed by atoms with van der Waals surface area (Å²) in [5.41, 5.74) is 7.56. The second-order valence-corrected chi connectivity index (χ2v) is 11.3. The number of primary amides is 1. The summed E-state index contributed by atoms with van der Waals surface area (Å²) in [4.78, 5) is 11.6. The highest BCUT2D eigenvalue weighted by molar-refractivity contribution is 7.99. The predicted molar refractivity (Wildman–Crippen MR) is 116 cm³/mol. The molecule has 7 heteroatoms. The fraction of sp³-hybridized carbons (Fsp3) is 0.409. The van der Waals surface area contributed by atoms with Crippen LogP contribution >= 0.6 is 11.8 Å². The number of hydrogen-bond donors (Lipinski definition) is 1. The van der Waals surface area contributed by atoms with E-state index >= 15 is 0 Å². The minimum Gasteiger partial charge on any atom is -0.366 e. The largest absolute Gasteiger partial charge is 0.366 e. The maximum atomic E-state index is 13.9. The Kier molecular flexibility index (Phi) is 4.44. The third-order valence-corrected chi connectivity index (χ3v) is 9.44. The molecule has 2 aromatic carbocycles. The Morgan fingerprint density at radius 3 is 2.31 bits per heavy atom. The van der Waals surface area contributed by atoms with Gasteiger partial charge in [-0.25, -0.2) is 8.42 Å². The lowest BCUT2D eigenvalue weighted by Crippen LogP contribution is -2.50. The van der Waals surface area contributed by atoms with E-state index in [0.29, 0.717) is 11.5 Å². The number of sulfonamides is 1. The maximum absolute atomic E-state index is 13.9. The van der Waals surface area contributed by atoms with Gasteiger partial charge in [0, 0.05) is 11.0 Å². The number of anilines is 1. The molecule has 1 atom stereocenters. The standard InChI is InChI=1S/C22H24N2O3S2/c23-21(25)16-7-9-17(10-8-16)29(26,27)24-19-4-2-1-3-18(19)22(11-13-28-14-12-22)20(24)15-5-6-15/h1-4,7-10,15,20H,5-6,11-14H2,(H2,23,25). The number of fused-ring (bicyclic) bond motifs is 2. The number of thioether (sulfide) groups is 1. The smallest absolute Gasteiger partial charge is 0.264 e. The molecule has 2 fully saturated rings. The van der Waals surface area contributed by atoms with Crippen LogP contribution in [-0.4, -0.2) is 31.9 Å². The van der Waals surface area contributed by atoms with Crippen molar-refractivity contribution in [2.24, 2.45) is 11.7 Å². The molecular formula is C22H24N2O3S2. The maximum Gasteiger partial charge on any atom is 0.264 e. The zero-order chi connectivity index (χ0) is 20.2. The van der Waals surface area contributed by atoms with Crippen LogP contribution < -0.4 is 10.0 Å². The molecule has 0 aromatic heterocycles. The zero-order valence-electron chi connectivity index (χ0n) is 16.1. The highest BCUT2D eigenvalue weighted by Crippen LogP contribution is 2.59. The molecule has 0 radical (unpaired) electrons. The van der Waals surface area contributed by atoms with Crippen LogP contribution in [0.5, 0.6) is 0 Å². The Hall–Kier alpha value is -1.99. The molecule has 152 valence electrons. The van der Waals surface area contributed by atoms with Crippen LogP contribution in [0.3, 0.4) is 0 Å². The van der Waals surface area contributed by atoms with E-state index in [1.807, 2.05) is 30.0 Å². The number of amides is 1. The molecule has 1 unspecified atom stereocenters. The average Bonchev–Trinajstić information content (AvgIpc) is 3.53. The number of rotatable bonds is 4. The number of carbonyl (C=O) groups excluding carboxylic acids is 1. The van der Waals surface area contributed by atoms with Crippen molar-refractivity contribution in [1.29, 1.82) is 0 Å². The van der Waals surface area contributed by atoms with Crippen LogP contribution in [0.2, 0.25) is 0 Å². The number of para-hydroxylation sites is 1. The van der Waals surface area contributed by atoms with Gasteiger partial charge in [0.15, 0.2) is 0 Å². The van der Waals surface area contributed by atoms with E-state index in [0.717, 1.165) is 42.9 Å². The normalized spacial score (nSPS) is 23.2. The topological polar surface area (TPSA) is 80.5 Å². The van der Waals surface area contributed by atoms with Gasteiger partial charge in [-0.15, -0.1) is 0 Å². The summed E-state index contributed by atoms with van der Waals surface area (Å²) in [6.07, 6.45) is 4.20. The minimum absolute atomic E-state index is 0.0263. The second-order valence-electron chi connectivity index (χ2n) is 8.26. The number of benzene rings is 2. The molecule has 1 saturated heterocycles. The minimum atomic E-state index is -3.75. The summed E-state index contributed by atoms with van der Waals surface area (Å²) in [6, 6.07) is 14.0. The van der Waals surface area contributed by atoms with Crippen LogP contribution in [0.4, 0.5) is 5.69 Å². The third-order valence-electron chi connectivity index (χ3n) is 6.65. The first-order chi connectivity index (χ1) is 13.9. The molecule has 2 aliphatic heterocycles. The molecule has 1 spiro atoms. The van der Waals surface area contributed by atoms with Crippen LogP contribution in [-0.2, 0) is 15.4 Å². The van der Waals surface area contributed by atoms with Gasteiger partial charge in [-0.2, -0.15) is 11.8 Å². The van der Waals surface area contributed by atoms with Crippen LogP contribution in [0.1, 0.15) is 41.6 Å². The first-order valence-electron chi connectivity index (χ1n) is 10.1. The highest BCUT2D eigenvalue weighted by Gasteiger charge is 2.59. The second kappa shape index (κ2) is 6.77. The van der Waals surface area contributed by atoms with Gasteiger partial charge < -0.3 is 5.73 Å². The van der Waals surface area contributed by atoms with Gasteiger partial charge in [0.2, 0.25) is 5.91 Å². The summed E-state index contributed by atoms with van der Waals surface area (Å²) >= 11 is 1.96. The Labute approximate surface area is 175 Å². The van der Waals surface area contributed by atoms with E-state index in [1.165, 1.54) is 29.8 Å². The lowest BCUT2D eigenvalue weighted by atomic mass is 9.70. The molecule has 1 amide bonds. The average molecular weight is 429 g/mol. The van der Waals surface area contributed by atoms with Gasteiger partial charge in [-0.1, -0.05) is 18.2 Å². The van der Waals surface area contributed by atoms with E-state index in [-0.39, 0.29) is 16.4 Å². The quantitative estimate of drug-likeness (QED) is 0.808. The molecule has 2 N–H and O–H groups in total. The molecule has 5 rings (SSSR count). The summed E-state index contributed by atoms with van der Waals surface area (Å²) in [5.74, 6) is 1.98. The van der Waals surface area contributed by atoms with Crippen molar-refractivity contribution in [1.82, 2.24) is 0 Å². The molecule has 1 aliphatic carbocycles. The molecule has 0 bridgehead atoms. The molecule has 3 aliphatic rings. The van der Waals surface area contributed by atoms with Gasteiger partial charge in [0.1, 0.15) is 0 Å². The van der Waals surface area contributed by atoms with Gasteiger partial charge in [-0.05, 0) is 79.0 Å². The fourth-order valence-corrected chi connectivity index (χ4v) is 8.18. The number of nitrogens with two attached hydrogens (primary N) is 1. The summed E-state index contributed by atoms with van der Waals surface area (Å²) in [6.45, 7) is 0. The van der Waals surface area contributed by atoms with E-state index in [9.17, 15) is 13.2 Å². The van der Waals surface area contributed by atoms with Gasteiger partial charge in [-0.3, -0.25) is 9.10 Å². The SMILES string of the molecule is NC(=O)c1ccc(S(=O)(=O)N2c3ccccc3C3(CCSCC3)C2C2CC2)cc1. The van der Waals surface area contributed by atoms with E-state index < -0.39 is 15.9 Å². The lowest BCUT2D eigenvalue weighted by molar-refractivity contribution is 0.1000. The first kappa shape index (κ1) is 19.0. The van der Waals surface area contributed by atoms with Crippen LogP contribution in [0.25, 0.3) is 0 Å². The Bertz CT molecular complexity index is 1060. The predicted octanol–water partition coefficient (Wildman–Crippen LogP) is 3.54. The van der Waals surface area contributed by atoms with Crippen LogP contribution in [0.15, 0.2) is 53.4 Å². The monoisotopic (exact) mass is 428 g/mol. The molecule has 2 heterocycles. The Morgan fingerprint density at radius 2 is 1.69 bits per heavy atom. The summed E-state index contributed by atoms with van der Waals surface area (Å²) in [5, 5.41) is 0. The van der Waals surface area contributed by atoms with E-state index in [1.54, 1.807) is 4.31 Å². The van der Waals surface area contributed by atoms with Gasteiger partial charge in [0.25, 0.3) is 10.0 Å². The fourth-order valence-electron chi connectivity index (χ4n) is 5.16. The number of hydrogen-bond acceptors (Lipinski definition) is 4. The molecule has 5 nitrogen and oxygen atoms in total. The van der Waals surface area contributed by atoms with Crippen molar-refractivity contribution in [3.63, 3.8) is 0 Å². The van der Waals surface area contributed by atoms with Crippen molar-refractivity contribution in [3.8, 4) is 0 Å². The van der Waals surface area contributed by atoms with Crippen molar-refractivity contribution in [2.75, 3.05) is 15.8 Å². The van der Waals surface area contributed by atoms with Crippen LogP contribution in [0, 0.1) is 5.92 Å². The number of carbonyl (C=O) groups is 1. The summed E-state index contributed by atoms with van der Waals surface area (Å²) < 4.78 is 29.4.